The molecule has 0 aliphatic rings. The Morgan fingerprint density at radius 3 is 2.94 bits per heavy atom. The van der Waals surface area contributed by atoms with Crippen molar-refractivity contribution in [3.63, 3.8) is 0 Å². The van der Waals surface area contributed by atoms with Gasteiger partial charge in [-0.15, -0.1) is 0 Å². The Bertz CT molecular complexity index is 524. The van der Waals surface area contributed by atoms with Gasteiger partial charge in [0.1, 0.15) is 0 Å². The average Bonchev–Trinajstić information content (AvgIpc) is 2.80. The van der Waals surface area contributed by atoms with Crippen molar-refractivity contribution in [2.75, 3.05) is 0 Å². The molecule has 5 heteroatoms. The SMILES string of the molecule is CCn1cc(C(N)c2cccc(Br)c2Cl)cn1. The predicted molar refractivity (Wildman–Crippen MR) is 73.1 cm³/mol. The predicted octanol–water partition coefficient (Wildman–Crippen LogP) is 3.37. The molecule has 2 aromatic rings. The molecule has 0 aliphatic carbocycles. The van der Waals surface area contributed by atoms with Gasteiger partial charge >= 0.3 is 0 Å². The number of hydrogen-bond donors (Lipinski definition) is 1. The van der Waals surface area contributed by atoms with Crippen LogP contribution in [0.5, 0.6) is 0 Å². The minimum Gasteiger partial charge on any atom is -0.320 e. The molecule has 0 saturated carbocycles. The second kappa shape index (κ2) is 5.21. The van der Waals surface area contributed by atoms with Crippen LogP contribution in [0.15, 0.2) is 35.1 Å². The molecular formula is C12H13BrClN3. The first-order chi connectivity index (χ1) is 8.13. The third kappa shape index (κ3) is 2.54. The molecule has 90 valence electrons. The molecule has 0 saturated heterocycles. The fraction of sp³-hybridized carbons (Fsp3) is 0.250. The summed E-state index contributed by atoms with van der Waals surface area (Å²) in [5.41, 5.74) is 8.06. The number of nitrogens with two attached hydrogens (primary N) is 1. The molecule has 3 nitrogen and oxygen atoms in total. The number of benzene rings is 1. The summed E-state index contributed by atoms with van der Waals surface area (Å²) in [6.45, 7) is 2.87. The van der Waals surface area contributed by atoms with Gasteiger partial charge in [-0.05, 0) is 34.5 Å². The molecule has 1 aromatic carbocycles. The van der Waals surface area contributed by atoms with Gasteiger partial charge in [0.15, 0.2) is 0 Å². The monoisotopic (exact) mass is 313 g/mol. The van der Waals surface area contributed by atoms with Gasteiger partial charge in [0.05, 0.1) is 17.3 Å². The van der Waals surface area contributed by atoms with E-state index in [2.05, 4.69) is 21.0 Å². The van der Waals surface area contributed by atoms with Crippen molar-refractivity contribution in [1.82, 2.24) is 9.78 Å². The minimum atomic E-state index is -0.250. The Hall–Kier alpha value is -0.840. The Morgan fingerprint density at radius 2 is 2.29 bits per heavy atom. The number of aromatic nitrogens is 2. The fourth-order valence-electron chi connectivity index (χ4n) is 1.65. The van der Waals surface area contributed by atoms with Crippen LogP contribution in [0.2, 0.25) is 5.02 Å². The highest BCUT2D eigenvalue weighted by atomic mass is 79.9. The molecule has 0 fully saturated rings. The highest BCUT2D eigenvalue weighted by molar-refractivity contribution is 9.10. The molecule has 1 aromatic heterocycles. The van der Waals surface area contributed by atoms with Gasteiger partial charge in [-0.3, -0.25) is 4.68 Å². The minimum absolute atomic E-state index is 0.250. The summed E-state index contributed by atoms with van der Waals surface area (Å²) in [6, 6.07) is 5.50. The standard InChI is InChI=1S/C12H13BrClN3/c1-2-17-7-8(6-16-17)12(15)9-4-3-5-10(13)11(9)14/h3-7,12H,2,15H2,1H3. The fourth-order valence-corrected chi connectivity index (χ4v) is 2.28. The third-order valence-corrected chi connectivity index (χ3v) is 3.96. The average molecular weight is 315 g/mol. The molecule has 17 heavy (non-hydrogen) atoms. The van der Waals surface area contributed by atoms with Crippen molar-refractivity contribution in [2.24, 2.45) is 5.73 Å². The van der Waals surface area contributed by atoms with Gasteiger partial charge in [0.2, 0.25) is 0 Å². The summed E-state index contributed by atoms with van der Waals surface area (Å²) in [5.74, 6) is 0. The van der Waals surface area contributed by atoms with Gasteiger partial charge in [0, 0.05) is 22.8 Å². The van der Waals surface area contributed by atoms with Crippen LogP contribution < -0.4 is 5.73 Å². The zero-order chi connectivity index (χ0) is 12.4. The Kier molecular flexibility index (Phi) is 3.86. The van der Waals surface area contributed by atoms with Gasteiger partial charge in [-0.1, -0.05) is 23.7 Å². The number of hydrogen-bond acceptors (Lipinski definition) is 2. The van der Waals surface area contributed by atoms with E-state index in [0.29, 0.717) is 5.02 Å². The lowest BCUT2D eigenvalue weighted by Gasteiger charge is -2.12. The largest absolute Gasteiger partial charge is 0.320 e. The smallest absolute Gasteiger partial charge is 0.0599 e. The Balaban J connectivity index is 2.36. The second-order valence-electron chi connectivity index (χ2n) is 3.75. The number of rotatable bonds is 3. The van der Waals surface area contributed by atoms with Gasteiger partial charge in [-0.2, -0.15) is 5.10 Å². The van der Waals surface area contributed by atoms with Crippen molar-refractivity contribution in [3.05, 3.63) is 51.2 Å². The highest BCUT2D eigenvalue weighted by Crippen LogP contribution is 2.31. The summed E-state index contributed by atoms with van der Waals surface area (Å²) < 4.78 is 2.70. The van der Waals surface area contributed by atoms with Crippen molar-refractivity contribution < 1.29 is 0 Å². The maximum Gasteiger partial charge on any atom is 0.0599 e. The van der Waals surface area contributed by atoms with Crippen molar-refractivity contribution in [2.45, 2.75) is 19.5 Å². The van der Waals surface area contributed by atoms with Crippen molar-refractivity contribution in [3.8, 4) is 0 Å². The van der Waals surface area contributed by atoms with E-state index in [0.717, 1.165) is 22.1 Å². The number of aryl methyl sites for hydroxylation is 1. The van der Waals surface area contributed by atoms with Crippen LogP contribution in [0.4, 0.5) is 0 Å². The molecular weight excluding hydrogens is 302 g/mol. The zero-order valence-electron chi connectivity index (χ0n) is 9.40. The quantitative estimate of drug-likeness (QED) is 0.944. The third-order valence-electron chi connectivity index (χ3n) is 2.65. The van der Waals surface area contributed by atoms with Crippen LogP contribution in [-0.4, -0.2) is 9.78 Å². The molecule has 2 rings (SSSR count). The number of halogens is 2. The van der Waals surface area contributed by atoms with Crippen LogP contribution in [0.25, 0.3) is 0 Å². The number of nitrogens with zero attached hydrogens (tertiary/aromatic N) is 2. The maximum atomic E-state index is 6.22. The van der Waals surface area contributed by atoms with E-state index in [9.17, 15) is 0 Å². The lowest BCUT2D eigenvalue weighted by atomic mass is 10.0. The van der Waals surface area contributed by atoms with E-state index in [1.165, 1.54) is 0 Å². The normalized spacial score (nSPS) is 12.7. The summed E-state index contributed by atoms with van der Waals surface area (Å²) in [7, 11) is 0. The lowest BCUT2D eigenvalue weighted by molar-refractivity contribution is 0.658. The second-order valence-corrected chi connectivity index (χ2v) is 4.98. The van der Waals surface area contributed by atoms with E-state index >= 15 is 0 Å². The molecule has 0 amide bonds. The van der Waals surface area contributed by atoms with Crippen LogP contribution >= 0.6 is 27.5 Å². The summed E-state index contributed by atoms with van der Waals surface area (Å²) >= 11 is 9.62. The molecule has 0 bridgehead atoms. The van der Waals surface area contributed by atoms with Gasteiger partial charge < -0.3 is 5.73 Å². The Morgan fingerprint density at radius 1 is 1.53 bits per heavy atom. The molecule has 0 radical (unpaired) electrons. The van der Waals surface area contributed by atoms with Crippen LogP contribution in [0, 0.1) is 0 Å². The topological polar surface area (TPSA) is 43.8 Å². The van der Waals surface area contributed by atoms with Crippen LogP contribution in [-0.2, 0) is 6.54 Å². The van der Waals surface area contributed by atoms with E-state index in [-0.39, 0.29) is 6.04 Å². The van der Waals surface area contributed by atoms with E-state index in [1.54, 1.807) is 6.20 Å². The molecule has 0 spiro atoms. The van der Waals surface area contributed by atoms with E-state index < -0.39 is 0 Å². The molecule has 1 heterocycles. The summed E-state index contributed by atoms with van der Waals surface area (Å²) in [5, 5.41) is 4.87. The molecule has 2 N–H and O–H groups in total. The molecule has 1 unspecified atom stereocenters. The first-order valence-corrected chi connectivity index (χ1v) is 6.52. The van der Waals surface area contributed by atoms with Gasteiger partial charge in [0.25, 0.3) is 0 Å². The maximum absolute atomic E-state index is 6.22. The van der Waals surface area contributed by atoms with E-state index in [4.69, 9.17) is 17.3 Å². The lowest BCUT2D eigenvalue weighted by Crippen LogP contribution is -2.11. The van der Waals surface area contributed by atoms with Gasteiger partial charge in [-0.25, -0.2) is 0 Å². The highest BCUT2D eigenvalue weighted by Gasteiger charge is 2.15. The van der Waals surface area contributed by atoms with E-state index in [1.807, 2.05) is 36.0 Å². The molecule has 1 atom stereocenters. The van der Waals surface area contributed by atoms with Crippen LogP contribution in [0.3, 0.4) is 0 Å². The zero-order valence-corrected chi connectivity index (χ0v) is 11.7. The van der Waals surface area contributed by atoms with Crippen molar-refractivity contribution in [1.29, 1.82) is 0 Å². The molecule has 0 aliphatic heterocycles. The van der Waals surface area contributed by atoms with Crippen LogP contribution in [0.1, 0.15) is 24.1 Å². The first kappa shape index (κ1) is 12.6. The van der Waals surface area contributed by atoms with Crippen molar-refractivity contribution >= 4 is 27.5 Å². The first-order valence-electron chi connectivity index (χ1n) is 5.35. The summed E-state index contributed by atoms with van der Waals surface area (Å²) in [6.07, 6.45) is 3.73. The Labute approximate surface area is 114 Å². The summed E-state index contributed by atoms with van der Waals surface area (Å²) in [4.78, 5) is 0.